The van der Waals surface area contributed by atoms with Crippen molar-refractivity contribution in [2.75, 3.05) is 36.0 Å². The van der Waals surface area contributed by atoms with E-state index < -0.39 is 10.8 Å². The lowest BCUT2D eigenvalue weighted by Crippen LogP contribution is -2.38. The molecule has 1 aromatic rings. The number of aromatic nitrogens is 1. The van der Waals surface area contributed by atoms with Gasteiger partial charge in [-0.05, 0) is 37.1 Å². The van der Waals surface area contributed by atoms with Gasteiger partial charge in [-0.3, -0.25) is 4.21 Å². The largest absolute Gasteiger partial charge is 0.355 e. The molecule has 1 saturated heterocycles. The van der Waals surface area contributed by atoms with Crippen molar-refractivity contribution in [3.63, 3.8) is 0 Å². The van der Waals surface area contributed by atoms with Gasteiger partial charge in [-0.1, -0.05) is 13.8 Å². The summed E-state index contributed by atoms with van der Waals surface area (Å²) in [4.78, 5) is 6.88. The van der Waals surface area contributed by atoms with Crippen LogP contribution in [0.5, 0.6) is 0 Å². The molecular formula is C15H25N3OS. The minimum atomic E-state index is -0.637. The van der Waals surface area contributed by atoms with Crippen LogP contribution in [0, 0.1) is 12.8 Å². The summed E-state index contributed by atoms with van der Waals surface area (Å²) >= 11 is 0. The number of rotatable bonds is 5. The van der Waals surface area contributed by atoms with Gasteiger partial charge in [-0.2, -0.15) is 0 Å². The van der Waals surface area contributed by atoms with Gasteiger partial charge < -0.3 is 10.2 Å². The number of pyridine rings is 1. The number of hydrogen-bond donors (Lipinski definition) is 1. The third kappa shape index (κ3) is 4.56. The van der Waals surface area contributed by atoms with E-state index in [9.17, 15) is 4.21 Å². The van der Waals surface area contributed by atoms with Gasteiger partial charge in [0.2, 0.25) is 0 Å². The summed E-state index contributed by atoms with van der Waals surface area (Å²) in [6.45, 7) is 10.1. The first-order valence-electron chi connectivity index (χ1n) is 7.33. The fraction of sp³-hybridized carbons (Fsp3) is 0.667. The Bertz CT molecular complexity index is 466. The van der Waals surface area contributed by atoms with Crippen molar-refractivity contribution in [3.05, 3.63) is 23.4 Å². The summed E-state index contributed by atoms with van der Waals surface area (Å²) in [5, 5.41) is 3.47. The Morgan fingerprint density at radius 3 is 2.70 bits per heavy atom. The van der Waals surface area contributed by atoms with Crippen molar-refractivity contribution in [3.8, 4) is 0 Å². The highest BCUT2D eigenvalue weighted by Crippen LogP contribution is 2.17. The Morgan fingerprint density at radius 2 is 2.05 bits per heavy atom. The molecule has 0 spiro atoms. The molecule has 2 heterocycles. The molecule has 5 heteroatoms. The van der Waals surface area contributed by atoms with Gasteiger partial charge in [0.15, 0.2) is 0 Å². The quantitative estimate of drug-likeness (QED) is 0.898. The second kappa shape index (κ2) is 7.18. The standard InChI is InChI=1S/C15H25N3OS/c1-12(2)10-16-11-14-8-13(3)17-15(9-14)18-4-6-20(19)7-5-18/h8-9,12,16H,4-7,10-11H2,1-3H3. The average molecular weight is 295 g/mol. The normalized spacial score (nSPS) is 16.9. The maximum Gasteiger partial charge on any atom is 0.129 e. The van der Waals surface area contributed by atoms with Crippen LogP contribution in [0.2, 0.25) is 0 Å². The van der Waals surface area contributed by atoms with Crippen molar-refractivity contribution in [2.24, 2.45) is 5.92 Å². The first-order chi connectivity index (χ1) is 9.54. The third-order valence-electron chi connectivity index (χ3n) is 3.38. The first kappa shape index (κ1) is 15.4. The van der Waals surface area contributed by atoms with E-state index in [1.54, 1.807) is 0 Å². The van der Waals surface area contributed by atoms with Gasteiger partial charge in [-0.15, -0.1) is 0 Å². The summed E-state index contributed by atoms with van der Waals surface area (Å²) in [7, 11) is -0.637. The highest BCUT2D eigenvalue weighted by Gasteiger charge is 2.17. The van der Waals surface area contributed by atoms with E-state index in [1.807, 2.05) is 6.92 Å². The molecule has 0 bridgehead atoms. The Hall–Kier alpha value is -0.940. The van der Waals surface area contributed by atoms with Gasteiger partial charge in [0.1, 0.15) is 5.82 Å². The second-order valence-corrected chi connectivity index (χ2v) is 7.53. The smallest absolute Gasteiger partial charge is 0.129 e. The van der Waals surface area contributed by atoms with Crippen LogP contribution in [-0.4, -0.2) is 40.3 Å². The Morgan fingerprint density at radius 1 is 1.35 bits per heavy atom. The topological polar surface area (TPSA) is 45.2 Å². The van der Waals surface area contributed by atoms with Crippen LogP contribution in [0.25, 0.3) is 0 Å². The lowest BCUT2D eigenvalue weighted by atomic mass is 10.2. The van der Waals surface area contributed by atoms with Crippen molar-refractivity contribution in [1.29, 1.82) is 0 Å². The Balaban J connectivity index is 2.02. The summed E-state index contributed by atoms with van der Waals surface area (Å²) in [6.07, 6.45) is 0. The molecule has 2 rings (SSSR count). The maximum absolute atomic E-state index is 11.4. The highest BCUT2D eigenvalue weighted by atomic mass is 32.2. The molecule has 0 unspecified atom stereocenters. The zero-order valence-electron chi connectivity index (χ0n) is 12.7. The zero-order chi connectivity index (χ0) is 14.5. The molecule has 0 saturated carbocycles. The predicted octanol–water partition coefficient (Wildman–Crippen LogP) is 1.70. The van der Waals surface area contributed by atoms with Gasteiger partial charge in [0.25, 0.3) is 0 Å². The van der Waals surface area contributed by atoms with Gasteiger partial charge in [-0.25, -0.2) is 4.98 Å². The molecule has 1 aromatic heterocycles. The maximum atomic E-state index is 11.4. The summed E-state index contributed by atoms with van der Waals surface area (Å²) < 4.78 is 11.4. The lowest BCUT2D eigenvalue weighted by molar-refractivity contribution is 0.552. The SMILES string of the molecule is Cc1cc(CNCC(C)C)cc(N2CCS(=O)CC2)n1. The number of nitrogens with zero attached hydrogens (tertiary/aromatic N) is 2. The van der Waals surface area contributed by atoms with Crippen LogP contribution in [0.3, 0.4) is 0 Å². The predicted molar refractivity (Wildman–Crippen MR) is 85.6 cm³/mol. The zero-order valence-corrected chi connectivity index (χ0v) is 13.5. The van der Waals surface area contributed by atoms with Crippen LogP contribution in [0.15, 0.2) is 12.1 Å². The van der Waals surface area contributed by atoms with Crippen molar-refractivity contribution < 1.29 is 4.21 Å². The summed E-state index contributed by atoms with van der Waals surface area (Å²) in [5.74, 6) is 3.21. The Kier molecular flexibility index (Phi) is 5.54. The van der Waals surface area contributed by atoms with E-state index in [-0.39, 0.29) is 0 Å². The molecule has 0 aliphatic carbocycles. The fourth-order valence-corrected chi connectivity index (χ4v) is 3.41. The lowest BCUT2D eigenvalue weighted by Gasteiger charge is -2.28. The van der Waals surface area contributed by atoms with E-state index in [0.717, 1.165) is 49.2 Å². The van der Waals surface area contributed by atoms with E-state index in [1.165, 1.54) is 5.56 Å². The molecule has 0 amide bonds. The minimum Gasteiger partial charge on any atom is -0.355 e. The van der Waals surface area contributed by atoms with E-state index in [0.29, 0.717) is 5.92 Å². The summed E-state index contributed by atoms with van der Waals surface area (Å²) in [5.41, 5.74) is 2.33. The molecular weight excluding hydrogens is 270 g/mol. The van der Waals surface area contributed by atoms with Crippen LogP contribution in [0.1, 0.15) is 25.1 Å². The van der Waals surface area contributed by atoms with Gasteiger partial charge in [0, 0.05) is 47.6 Å². The molecule has 1 N–H and O–H groups in total. The van der Waals surface area contributed by atoms with Gasteiger partial charge >= 0.3 is 0 Å². The molecule has 0 aromatic carbocycles. The molecule has 0 radical (unpaired) electrons. The minimum absolute atomic E-state index is 0.637. The number of hydrogen-bond acceptors (Lipinski definition) is 4. The van der Waals surface area contributed by atoms with E-state index >= 15 is 0 Å². The molecule has 1 aliphatic heterocycles. The highest BCUT2D eigenvalue weighted by molar-refractivity contribution is 7.85. The van der Waals surface area contributed by atoms with Crippen molar-refractivity contribution >= 4 is 16.6 Å². The molecule has 1 aliphatic rings. The van der Waals surface area contributed by atoms with Crippen LogP contribution in [0.4, 0.5) is 5.82 Å². The van der Waals surface area contributed by atoms with E-state index in [4.69, 9.17) is 0 Å². The van der Waals surface area contributed by atoms with Gasteiger partial charge in [0.05, 0.1) is 0 Å². The monoisotopic (exact) mass is 295 g/mol. The van der Waals surface area contributed by atoms with Crippen LogP contribution < -0.4 is 10.2 Å². The van der Waals surface area contributed by atoms with Crippen LogP contribution >= 0.6 is 0 Å². The average Bonchev–Trinajstić information content (AvgIpc) is 2.38. The first-order valence-corrected chi connectivity index (χ1v) is 8.81. The molecule has 112 valence electrons. The Labute approximate surface area is 124 Å². The summed E-state index contributed by atoms with van der Waals surface area (Å²) in [6, 6.07) is 4.30. The number of aryl methyl sites for hydroxylation is 1. The van der Waals surface area contributed by atoms with E-state index in [2.05, 4.69) is 41.2 Å². The fourth-order valence-electron chi connectivity index (χ4n) is 2.36. The third-order valence-corrected chi connectivity index (χ3v) is 4.66. The number of nitrogens with one attached hydrogen (secondary N) is 1. The second-order valence-electron chi connectivity index (χ2n) is 5.83. The molecule has 0 atom stereocenters. The molecule has 4 nitrogen and oxygen atoms in total. The molecule has 20 heavy (non-hydrogen) atoms. The van der Waals surface area contributed by atoms with Crippen molar-refractivity contribution in [1.82, 2.24) is 10.3 Å². The molecule has 1 fully saturated rings. The number of anilines is 1. The van der Waals surface area contributed by atoms with Crippen LogP contribution in [-0.2, 0) is 17.3 Å². The van der Waals surface area contributed by atoms with Crippen molar-refractivity contribution in [2.45, 2.75) is 27.3 Å².